The third-order valence-corrected chi connectivity index (χ3v) is 12.9. The van der Waals surface area contributed by atoms with Gasteiger partial charge in [-0.25, -0.2) is 0 Å². The van der Waals surface area contributed by atoms with E-state index >= 15 is 0 Å². The van der Waals surface area contributed by atoms with Gasteiger partial charge in [-0.2, -0.15) is 0 Å². The van der Waals surface area contributed by atoms with E-state index in [1.54, 1.807) is 46.2 Å². The molecule has 2 saturated heterocycles. The van der Waals surface area contributed by atoms with Gasteiger partial charge in [-0.1, -0.05) is 127 Å². The number of amides is 4. The third-order valence-electron chi connectivity index (χ3n) is 12.4. The number of carbonyl (C=O) groups excluding carboxylic acids is 4. The van der Waals surface area contributed by atoms with Gasteiger partial charge in [-0.3, -0.25) is 19.2 Å². The number of piperidine rings is 2. The molecule has 10 nitrogen and oxygen atoms in total. The Bertz CT molecular complexity index is 1830. The second-order valence-corrected chi connectivity index (χ2v) is 19.1. The molecule has 4 atom stereocenters. The van der Waals surface area contributed by atoms with Gasteiger partial charge in [0.1, 0.15) is 12.1 Å². The van der Waals surface area contributed by atoms with Gasteiger partial charge in [0.05, 0.1) is 24.0 Å². The Kier molecular flexibility index (Phi) is 13.8. The fraction of sp³-hybridized carbons (Fsp3) is 0.522. The Hall–Kier alpha value is -3.96. The molecule has 0 saturated carbocycles. The highest BCUT2D eigenvalue weighted by atomic mass is 35.5. The van der Waals surface area contributed by atoms with Gasteiger partial charge in [0.15, 0.2) is 0 Å². The van der Waals surface area contributed by atoms with Crippen molar-refractivity contribution in [3.05, 3.63) is 105 Å². The summed E-state index contributed by atoms with van der Waals surface area (Å²) in [5, 5.41) is 30.7. The first-order valence-electron chi connectivity index (χ1n) is 20.3. The zero-order valence-electron chi connectivity index (χ0n) is 35.1. The van der Waals surface area contributed by atoms with Crippen molar-refractivity contribution in [3.63, 3.8) is 0 Å². The van der Waals surface area contributed by atoms with Gasteiger partial charge in [0, 0.05) is 47.1 Å². The number of hydrogen-bond acceptors (Lipinski definition) is 6. The van der Waals surface area contributed by atoms with E-state index in [-0.39, 0.29) is 48.3 Å². The van der Waals surface area contributed by atoms with Gasteiger partial charge in [0.2, 0.25) is 23.6 Å². The minimum Gasteiger partial charge on any atom is -0.384 e. The largest absolute Gasteiger partial charge is 0.384 e. The van der Waals surface area contributed by atoms with E-state index in [2.05, 4.69) is 10.6 Å². The number of halogens is 2. The molecule has 0 radical (unpaired) electrons. The fourth-order valence-electron chi connectivity index (χ4n) is 8.63. The lowest BCUT2D eigenvalue weighted by molar-refractivity contribution is -0.157. The van der Waals surface area contributed by atoms with E-state index in [4.69, 9.17) is 23.2 Å². The Labute approximate surface area is 353 Å². The summed E-state index contributed by atoms with van der Waals surface area (Å²) in [6.45, 7) is 16.6. The number of aliphatic hydroxyl groups is 2. The molecule has 0 aliphatic carbocycles. The van der Waals surface area contributed by atoms with Crippen LogP contribution in [0.1, 0.15) is 90.5 Å². The minimum absolute atomic E-state index is 0.00793. The minimum atomic E-state index is -1.16. The van der Waals surface area contributed by atoms with Crippen molar-refractivity contribution in [3.8, 4) is 0 Å². The second kappa shape index (κ2) is 17.7. The highest BCUT2D eigenvalue weighted by Gasteiger charge is 2.51. The topological polar surface area (TPSA) is 139 Å². The van der Waals surface area contributed by atoms with Crippen molar-refractivity contribution in [2.75, 3.05) is 26.2 Å². The molecule has 2 aliphatic heterocycles. The number of nitrogens with one attached hydrogen (secondary N) is 2. The van der Waals surface area contributed by atoms with Crippen LogP contribution in [0.15, 0.2) is 72.8 Å². The molecule has 2 fully saturated rings. The molecule has 5 rings (SSSR count). The summed E-state index contributed by atoms with van der Waals surface area (Å²) in [5.74, 6) is -1.40. The molecule has 12 heteroatoms. The van der Waals surface area contributed by atoms with Crippen LogP contribution in [-0.4, -0.2) is 81.9 Å². The predicted octanol–water partition coefficient (Wildman–Crippen LogP) is 6.65. The summed E-state index contributed by atoms with van der Waals surface area (Å²) in [5.41, 5.74) is -0.788. The maximum absolute atomic E-state index is 13.9. The summed E-state index contributed by atoms with van der Waals surface area (Å²) in [4.78, 5) is 58.2. The van der Waals surface area contributed by atoms with Crippen molar-refractivity contribution in [1.29, 1.82) is 0 Å². The monoisotopic (exact) mass is 834 g/mol. The molecule has 314 valence electrons. The number of carbonyl (C=O) groups is 4. The average molecular weight is 836 g/mol. The summed E-state index contributed by atoms with van der Waals surface area (Å²) >= 11 is 12.2. The Morgan fingerprint density at radius 3 is 1.28 bits per heavy atom. The van der Waals surface area contributed by atoms with Gasteiger partial charge in [-0.05, 0) is 71.2 Å². The normalized spacial score (nSPS) is 22.7. The maximum atomic E-state index is 13.9. The summed E-state index contributed by atoms with van der Waals surface area (Å²) in [6, 6.07) is 20.0. The number of hydrogen-bond donors (Lipinski definition) is 4. The predicted molar refractivity (Wildman–Crippen MR) is 228 cm³/mol. The van der Waals surface area contributed by atoms with E-state index in [0.29, 0.717) is 60.2 Å². The van der Waals surface area contributed by atoms with Crippen LogP contribution in [0.4, 0.5) is 0 Å². The molecule has 0 aromatic heterocycles. The van der Waals surface area contributed by atoms with Crippen molar-refractivity contribution >= 4 is 46.8 Å². The van der Waals surface area contributed by atoms with Crippen molar-refractivity contribution < 1.29 is 29.4 Å². The van der Waals surface area contributed by atoms with Gasteiger partial charge < -0.3 is 30.6 Å². The van der Waals surface area contributed by atoms with Crippen LogP contribution in [-0.2, 0) is 43.2 Å². The second-order valence-electron chi connectivity index (χ2n) is 18.3. The van der Waals surface area contributed by atoms with Crippen molar-refractivity contribution in [2.45, 2.75) is 104 Å². The molecule has 3 aromatic rings. The first kappa shape index (κ1) is 45.1. The lowest BCUT2D eigenvalue weighted by Gasteiger charge is -2.51. The van der Waals surface area contributed by atoms with Crippen LogP contribution in [0.2, 0.25) is 10.0 Å². The highest BCUT2D eigenvalue weighted by Crippen LogP contribution is 2.47. The summed E-state index contributed by atoms with van der Waals surface area (Å²) in [7, 11) is 0. The van der Waals surface area contributed by atoms with E-state index < -0.39 is 34.1 Å². The van der Waals surface area contributed by atoms with Crippen molar-refractivity contribution in [2.24, 2.45) is 22.7 Å². The smallest absolute Gasteiger partial charge is 0.245 e. The van der Waals surface area contributed by atoms with E-state index in [9.17, 15) is 29.4 Å². The van der Waals surface area contributed by atoms with E-state index in [0.717, 1.165) is 11.1 Å². The Morgan fingerprint density at radius 1 is 0.621 bits per heavy atom. The highest BCUT2D eigenvalue weighted by molar-refractivity contribution is 6.30. The molecule has 0 bridgehead atoms. The Morgan fingerprint density at radius 2 is 0.966 bits per heavy atom. The molecule has 2 aliphatic rings. The van der Waals surface area contributed by atoms with Gasteiger partial charge in [-0.15, -0.1) is 0 Å². The molecule has 4 amide bonds. The molecule has 4 N–H and O–H groups in total. The number of rotatable bonds is 12. The Balaban J connectivity index is 1.17. The zero-order valence-corrected chi connectivity index (χ0v) is 36.6. The molecule has 58 heavy (non-hydrogen) atoms. The lowest BCUT2D eigenvalue weighted by Crippen LogP contribution is -2.60. The summed E-state index contributed by atoms with van der Waals surface area (Å²) in [6.07, 6.45) is 0.691. The fourth-order valence-corrected chi connectivity index (χ4v) is 8.88. The first-order chi connectivity index (χ1) is 27.1. The van der Waals surface area contributed by atoms with Gasteiger partial charge in [0.25, 0.3) is 0 Å². The van der Waals surface area contributed by atoms with Crippen LogP contribution < -0.4 is 10.6 Å². The molecular formula is C46H60Cl2N4O6. The average Bonchev–Trinajstić information content (AvgIpc) is 3.15. The van der Waals surface area contributed by atoms with Crippen LogP contribution in [0.3, 0.4) is 0 Å². The van der Waals surface area contributed by atoms with Crippen molar-refractivity contribution in [1.82, 2.24) is 20.4 Å². The van der Waals surface area contributed by atoms with E-state index in [1.165, 1.54) is 0 Å². The molecule has 2 heterocycles. The summed E-state index contributed by atoms with van der Waals surface area (Å²) < 4.78 is 0. The molecular weight excluding hydrogens is 775 g/mol. The van der Waals surface area contributed by atoms with Crippen LogP contribution in [0.25, 0.3) is 0 Å². The third kappa shape index (κ3) is 9.73. The van der Waals surface area contributed by atoms with Crippen LogP contribution in [0, 0.1) is 22.7 Å². The SMILES string of the molecule is CC(C)[C@@H](NC(=O)Cc1cccc(CC(=O)N[C@@H](C(=O)N2CC[C@](O)(c3ccc(Cl)cc3)C(C)(C)C2)C(C)C)c1)C(=O)N1CC[C@](O)(c2ccc(Cl)cc2)C(C)(C)C1. The lowest BCUT2D eigenvalue weighted by atomic mass is 9.66. The molecule has 0 unspecified atom stereocenters. The van der Waals surface area contributed by atoms with Gasteiger partial charge >= 0.3 is 0 Å². The maximum Gasteiger partial charge on any atom is 0.245 e. The van der Waals surface area contributed by atoms with E-state index in [1.807, 2.05) is 91.8 Å². The number of benzene rings is 3. The molecule has 0 spiro atoms. The quantitative estimate of drug-likeness (QED) is 0.161. The standard InChI is InChI=1S/C46H60Cl2N4O6/c1-29(2)39(41(55)51-22-20-45(57,43(5,6)27-51)33-12-16-35(47)17-13-33)49-37(53)25-31-10-9-11-32(24-31)26-38(54)50-40(30(3)4)42(56)52-23-21-46(58,44(7,8)28-52)34-14-18-36(48)19-15-34/h9-19,24,29-30,39-40,57-58H,20-23,25-28H2,1-8H3,(H,49,53)(H,50,54)/t39-,40-,45+,46+/m1/s1. The number of likely N-dealkylation sites (tertiary alicyclic amines) is 2. The molecule has 3 aromatic carbocycles. The number of nitrogens with zero attached hydrogens (tertiary/aromatic N) is 2. The van der Waals surface area contributed by atoms with Crippen LogP contribution >= 0.6 is 23.2 Å². The van der Waals surface area contributed by atoms with Crippen LogP contribution in [0.5, 0.6) is 0 Å². The zero-order chi connectivity index (χ0) is 42.8. The first-order valence-corrected chi connectivity index (χ1v) is 21.0.